The van der Waals surface area contributed by atoms with Gasteiger partial charge in [0.2, 0.25) is 11.8 Å². The summed E-state index contributed by atoms with van der Waals surface area (Å²) >= 11 is 0. The van der Waals surface area contributed by atoms with E-state index in [1.165, 1.54) is 55.5 Å². The van der Waals surface area contributed by atoms with Gasteiger partial charge in [0.15, 0.2) is 0 Å². The number of halogens is 1. The summed E-state index contributed by atoms with van der Waals surface area (Å²) in [5, 5.41) is 2.79. The first kappa shape index (κ1) is 34.0. The second kappa shape index (κ2) is 15.4. The Hall–Kier alpha value is -4.90. The molecule has 9 nitrogen and oxygen atoms in total. The van der Waals surface area contributed by atoms with E-state index in [0.29, 0.717) is 12.3 Å². The predicted octanol–water partition coefficient (Wildman–Crippen LogP) is 5.12. The number of sulfonamides is 1. The molecule has 4 aromatic rings. The lowest BCUT2D eigenvalue weighted by Gasteiger charge is -2.34. The molecule has 0 aliphatic rings. The molecular weight excluding hydrogens is 609 g/mol. The Labute approximate surface area is 269 Å². The second-order valence-corrected chi connectivity index (χ2v) is 12.4. The van der Waals surface area contributed by atoms with Crippen LogP contribution in [0.1, 0.15) is 23.6 Å². The highest BCUT2D eigenvalue weighted by molar-refractivity contribution is 7.92. The highest BCUT2D eigenvalue weighted by Crippen LogP contribution is 2.36. The first-order valence-corrected chi connectivity index (χ1v) is 16.2. The van der Waals surface area contributed by atoms with E-state index in [9.17, 15) is 18.0 Å². The summed E-state index contributed by atoms with van der Waals surface area (Å²) in [6.07, 6.45) is 0.111. The van der Waals surface area contributed by atoms with Gasteiger partial charge < -0.3 is 19.7 Å². The zero-order chi connectivity index (χ0) is 33.3. The number of hydrogen-bond donors (Lipinski definition) is 1. The van der Waals surface area contributed by atoms with Crippen molar-refractivity contribution in [1.82, 2.24) is 10.2 Å². The van der Waals surface area contributed by atoms with Crippen molar-refractivity contribution in [3.8, 4) is 11.5 Å². The predicted molar refractivity (Wildman–Crippen MR) is 175 cm³/mol. The highest BCUT2D eigenvalue weighted by Gasteiger charge is 2.36. The zero-order valence-corrected chi connectivity index (χ0v) is 27.1. The molecule has 242 valence electrons. The Balaban J connectivity index is 1.87. The number of ether oxygens (including phenoxy) is 2. The number of methoxy groups -OCH3 is 2. The molecule has 4 aromatic carbocycles. The summed E-state index contributed by atoms with van der Waals surface area (Å²) < 4.78 is 55.5. The van der Waals surface area contributed by atoms with E-state index in [-0.39, 0.29) is 34.9 Å². The highest BCUT2D eigenvalue weighted by atomic mass is 32.2. The van der Waals surface area contributed by atoms with Gasteiger partial charge in [0, 0.05) is 31.1 Å². The monoisotopic (exact) mass is 647 g/mol. The number of anilines is 1. The number of amides is 2. The average molecular weight is 648 g/mol. The number of carbonyl (C=O) groups is 2. The zero-order valence-electron chi connectivity index (χ0n) is 26.3. The fourth-order valence-electron chi connectivity index (χ4n) is 5.00. The van der Waals surface area contributed by atoms with Crippen LogP contribution in [0, 0.1) is 12.7 Å². The minimum absolute atomic E-state index is 0.0546. The Bertz CT molecular complexity index is 1750. The molecule has 11 heteroatoms. The number of carbonyl (C=O) groups excluding carboxylic acids is 2. The molecule has 0 spiro atoms. The fraction of sp³-hybridized carbons (Fsp3) is 0.257. The Morgan fingerprint density at radius 3 is 2.20 bits per heavy atom. The Kier molecular flexibility index (Phi) is 11.4. The normalized spacial score (nSPS) is 11.8. The molecule has 4 rings (SSSR count). The van der Waals surface area contributed by atoms with Crippen LogP contribution >= 0.6 is 0 Å². The SMILES string of the molecule is CCNC(=O)C(Cc1ccccc1)N(Cc1ccccc1F)C(=O)CN(c1cc(OC)ccc1OC)S(=O)(=O)c1ccc(C)cc1. The van der Waals surface area contributed by atoms with Gasteiger partial charge in [0.1, 0.15) is 29.9 Å². The van der Waals surface area contributed by atoms with Crippen LogP contribution in [0.2, 0.25) is 0 Å². The summed E-state index contributed by atoms with van der Waals surface area (Å²) in [7, 11) is -1.55. The van der Waals surface area contributed by atoms with Gasteiger partial charge in [-0.3, -0.25) is 13.9 Å². The molecule has 0 heterocycles. The van der Waals surface area contributed by atoms with Gasteiger partial charge in [0.25, 0.3) is 10.0 Å². The number of likely N-dealkylation sites (N-methyl/N-ethyl adjacent to an activating group) is 1. The third-order valence-corrected chi connectivity index (χ3v) is 9.24. The van der Waals surface area contributed by atoms with Crippen molar-refractivity contribution in [3.63, 3.8) is 0 Å². The molecule has 0 aliphatic carbocycles. The number of hydrogen-bond acceptors (Lipinski definition) is 6. The van der Waals surface area contributed by atoms with Crippen molar-refractivity contribution in [2.24, 2.45) is 0 Å². The van der Waals surface area contributed by atoms with Crippen molar-refractivity contribution in [1.29, 1.82) is 0 Å². The van der Waals surface area contributed by atoms with Gasteiger partial charge in [-0.25, -0.2) is 12.8 Å². The first-order valence-electron chi connectivity index (χ1n) is 14.7. The summed E-state index contributed by atoms with van der Waals surface area (Å²) in [5.41, 5.74) is 1.84. The standard InChI is InChI=1S/C35H38FN3O6S/c1-5-37-35(41)32(21-26-11-7-6-8-12-26)38(23-27-13-9-10-14-30(27)36)34(40)24-39(31-22-28(44-3)17-20-33(31)45-4)46(42,43)29-18-15-25(2)16-19-29/h6-20,22,32H,5,21,23-24H2,1-4H3,(H,37,41). The third kappa shape index (κ3) is 8.02. The largest absolute Gasteiger partial charge is 0.497 e. The number of aryl methyl sites for hydroxylation is 1. The maximum atomic E-state index is 15.0. The molecule has 0 saturated heterocycles. The Morgan fingerprint density at radius 1 is 0.891 bits per heavy atom. The van der Waals surface area contributed by atoms with Crippen LogP contribution in [0.3, 0.4) is 0 Å². The summed E-state index contributed by atoms with van der Waals surface area (Å²) in [4.78, 5) is 29.3. The maximum Gasteiger partial charge on any atom is 0.264 e. The van der Waals surface area contributed by atoms with Crippen LogP contribution in [0.4, 0.5) is 10.1 Å². The summed E-state index contributed by atoms with van der Waals surface area (Å²) in [5.74, 6) is -1.23. The van der Waals surface area contributed by atoms with E-state index < -0.39 is 40.2 Å². The van der Waals surface area contributed by atoms with E-state index in [1.54, 1.807) is 37.3 Å². The van der Waals surface area contributed by atoms with E-state index in [1.807, 2.05) is 37.3 Å². The lowest BCUT2D eigenvalue weighted by Crippen LogP contribution is -2.53. The van der Waals surface area contributed by atoms with Crippen LogP contribution < -0.4 is 19.1 Å². The molecule has 0 aliphatic heterocycles. The van der Waals surface area contributed by atoms with Gasteiger partial charge in [-0.05, 0) is 49.7 Å². The van der Waals surface area contributed by atoms with Gasteiger partial charge in [-0.15, -0.1) is 0 Å². The van der Waals surface area contributed by atoms with Crippen LogP contribution in [0.15, 0.2) is 102 Å². The number of benzene rings is 4. The fourth-order valence-corrected chi connectivity index (χ4v) is 6.42. The molecule has 1 N–H and O–H groups in total. The Morgan fingerprint density at radius 2 is 1.57 bits per heavy atom. The number of nitrogens with one attached hydrogen (secondary N) is 1. The van der Waals surface area contributed by atoms with Crippen molar-refractivity contribution in [2.75, 3.05) is 31.6 Å². The molecule has 0 radical (unpaired) electrons. The molecule has 1 atom stereocenters. The smallest absolute Gasteiger partial charge is 0.264 e. The van der Waals surface area contributed by atoms with Crippen LogP contribution in [0.5, 0.6) is 11.5 Å². The van der Waals surface area contributed by atoms with E-state index in [4.69, 9.17) is 9.47 Å². The first-order chi connectivity index (χ1) is 22.1. The van der Waals surface area contributed by atoms with E-state index >= 15 is 4.39 Å². The lowest BCUT2D eigenvalue weighted by atomic mass is 10.0. The molecule has 2 amide bonds. The van der Waals surface area contributed by atoms with E-state index in [0.717, 1.165) is 15.4 Å². The molecule has 0 bridgehead atoms. The lowest BCUT2D eigenvalue weighted by molar-refractivity contribution is -0.140. The summed E-state index contributed by atoms with van der Waals surface area (Å²) in [6.45, 7) is 2.87. The molecule has 0 saturated carbocycles. The maximum absolute atomic E-state index is 15.0. The van der Waals surface area contributed by atoms with Crippen molar-refractivity contribution in [2.45, 2.75) is 37.8 Å². The second-order valence-electron chi connectivity index (χ2n) is 10.6. The van der Waals surface area contributed by atoms with Crippen LogP contribution in [-0.2, 0) is 32.6 Å². The molecular formula is C35H38FN3O6S. The van der Waals surface area contributed by atoms with Crippen LogP contribution in [0.25, 0.3) is 0 Å². The topological polar surface area (TPSA) is 105 Å². The van der Waals surface area contributed by atoms with Gasteiger partial charge in [0.05, 0.1) is 24.8 Å². The van der Waals surface area contributed by atoms with E-state index in [2.05, 4.69) is 5.32 Å². The van der Waals surface area contributed by atoms with Crippen LogP contribution in [-0.4, -0.2) is 58.5 Å². The molecule has 1 unspecified atom stereocenters. The van der Waals surface area contributed by atoms with Gasteiger partial charge in [-0.1, -0.05) is 66.2 Å². The minimum atomic E-state index is -4.38. The van der Waals surface area contributed by atoms with Gasteiger partial charge in [-0.2, -0.15) is 0 Å². The van der Waals surface area contributed by atoms with Crippen molar-refractivity contribution >= 4 is 27.5 Å². The number of nitrogens with zero attached hydrogens (tertiary/aromatic N) is 2. The van der Waals surface area contributed by atoms with Gasteiger partial charge >= 0.3 is 0 Å². The minimum Gasteiger partial charge on any atom is -0.497 e. The van der Waals surface area contributed by atoms with Crippen molar-refractivity contribution in [3.05, 3.63) is 120 Å². The molecule has 0 aromatic heterocycles. The quantitative estimate of drug-likeness (QED) is 0.204. The summed E-state index contributed by atoms with van der Waals surface area (Å²) in [6, 6.07) is 24.8. The molecule has 0 fully saturated rings. The number of rotatable bonds is 14. The third-order valence-electron chi connectivity index (χ3n) is 7.46. The van der Waals surface area contributed by atoms with Crippen molar-refractivity contribution < 1.29 is 31.9 Å². The average Bonchev–Trinajstić information content (AvgIpc) is 3.06. The molecule has 46 heavy (non-hydrogen) atoms.